The summed E-state index contributed by atoms with van der Waals surface area (Å²) < 4.78 is 5.27. The highest BCUT2D eigenvalue weighted by molar-refractivity contribution is 4.52. The minimum absolute atomic E-state index is 0.861. The van der Waals surface area contributed by atoms with Gasteiger partial charge in [-0.25, -0.2) is 0 Å². The molecule has 0 radical (unpaired) electrons. The zero-order valence-electron chi connectivity index (χ0n) is 7.52. The second-order valence-electron chi connectivity index (χ2n) is 2.67. The van der Waals surface area contributed by atoms with Crippen LogP contribution in [-0.4, -0.2) is 13.2 Å². The summed E-state index contributed by atoms with van der Waals surface area (Å²) in [7, 11) is 0. The molecule has 0 atom stereocenters. The number of hydrogen-bond acceptors (Lipinski definition) is 1. The Balaban J connectivity index is 3.09. The molecule has 0 saturated carbocycles. The maximum absolute atomic E-state index is 5.27. The molecule has 0 N–H and O–H groups in total. The molecular weight excluding hydrogens is 124 g/mol. The third-order valence-electron chi connectivity index (χ3n) is 2.03. The van der Waals surface area contributed by atoms with E-state index in [0.29, 0.717) is 0 Å². The fourth-order valence-electron chi connectivity index (χ4n) is 1.09. The standard InChI is InChI=1S/C9H20O/c1-4-9(5-2)7-8-10-6-3/h9H,4-8H2,1-3H3. The summed E-state index contributed by atoms with van der Waals surface area (Å²) in [4.78, 5) is 0. The van der Waals surface area contributed by atoms with Crippen LogP contribution in [-0.2, 0) is 4.74 Å². The first-order chi connectivity index (χ1) is 4.85. The predicted octanol–water partition coefficient (Wildman–Crippen LogP) is 2.85. The highest BCUT2D eigenvalue weighted by Crippen LogP contribution is 2.11. The quantitative estimate of drug-likeness (QED) is 0.521. The number of rotatable bonds is 6. The molecule has 0 aromatic rings. The molecule has 0 saturated heterocycles. The second-order valence-corrected chi connectivity index (χ2v) is 2.67. The van der Waals surface area contributed by atoms with Crippen LogP contribution in [0.5, 0.6) is 0 Å². The summed E-state index contributed by atoms with van der Waals surface area (Å²) in [5.41, 5.74) is 0. The molecule has 0 rings (SSSR count). The zero-order chi connectivity index (χ0) is 7.82. The molecule has 0 aliphatic carbocycles. The van der Waals surface area contributed by atoms with Gasteiger partial charge in [0.2, 0.25) is 0 Å². The average Bonchev–Trinajstić information content (AvgIpc) is 1.99. The van der Waals surface area contributed by atoms with E-state index < -0.39 is 0 Å². The van der Waals surface area contributed by atoms with Crippen molar-refractivity contribution in [2.75, 3.05) is 13.2 Å². The van der Waals surface area contributed by atoms with E-state index in [2.05, 4.69) is 13.8 Å². The van der Waals surface area contributed by atoms with Gasteiger partial charge < -0.3 is 4.74 Å². The molecule has 0 fully saturated rings. The maximum Gasteiger partial charge on any atom is 0.0468 e. The van der Waals surface area contributed by atoms with Crippen LogP contribution in [0.3, 0.4) is 0 Å². The Kier molecular flexibility index (Phi) is 7.04. The molecule has 0 heterocycles. The van der Waals surface area contributed by atoms with Crippen LogP contribution in [0, 0.1) is 5.92 Å². The van der Waals surface area contributed by atoms with Crippen molar-refractivity contribution in [1.29, 1.82) is 0 Å². The first-order valence-electron chi connectivity index (χ1n) is 4.42. The van der Waals surface area contributed by atoms with Crippen molar-refractivity contribution in [2.45, 2.75) is 40.0 Å². The van der Waals surface area contributed by atoms with Gasteiger partial charge in [0.05, 0.1) is 0 Å². The van der Waals surface area contributed by atoms with Gasteiger partial charge in [0, 0.05) is 13.2 Å². The van der Waals surface area contributed by atoms with E-state index in [9.17, 15) is 0 Å². The Morgan fingerprint density at radius 3 is 2.10 bits per heavy atom. The summed E-state index contributed by atoms with van der Waals surface area (Å²) in [5, 5.41) is 0. The lowest BCUT2D eigenvalue weighted by Gasteiger charge is -2.10. The largest absolute Gasteiger partial charge is 0.382 e. The van der Waals surface area contributed by atoms with E-state index >= 15 is 0 Å². The maximum atomic E-state index is 5.27. The molecule has 0 aliphatic heterocycles. The van der Waals surface area contributed by atoms with Crippen molar-refractivity contribution < 1.29 is 4.74 Å². The minimum Gasteiger partial charge on any atom is -0.382 e. The van der Waals surface area contributed by atoms with Crippen molar-refractivity contribution in [3.8, 4) is 0 Å². The van der Waals surface area contributed by atoms with E-state index in [1.807, 2.05) is 6.92 Å². The smallest absolute Gasteiger partial charge is 0.0468 e. The fraction of sp³-hybridized carbons (Fsp3) is 1.00. The van der Waals surface area contributed by atoms with Crippen LogP contribution in [0.25, 0.3) is 0 Å². The minimum atomic E-state index is 0.861. The van der Waals surface area contributed by atoms with Crippen LogP contribution in [0.1, 0.15) is 40.0 Å². The summed E-state index contributed by atoms with van der Waals surface area (Å²) in [6.07, 6.45) is 3.83. The highest BCUT2D eigenvalue weighted by Gasteiger charge is 2.01. The van der Waals surface area contributed by atoms with E-state index in [4.69, 9.17) is 4.74 Å². The Hall–Kier alpha value is -0.0400. The second kappa shape index (κ2) is 7.07. The van der Waals surface area contributed by atoms with Gasteiger partial charge in [0.1, 0.15) is 0 Å². The lowest BCUT2D eigenvalue weighted by molar-refractivity contribution is 0.130. The molecule has 0 unspecified atom stereocenters. The fourth-order valence-corrected chi connectivity index (χ4v) is 1.09. The summed E-state index contributed by atoms with van der Waals surface area (Å²) in [5.74, 6) is 0.881. The summed E-state index contributed by atoms with van der Waals surface area (Å²) in [6, 6.07) is 0. The number of hydrogen-bond donors (Lipinski definition) is 0. The molecule has 62 valence electrons. The van der Waals surface area contributed by atoms with E-state index in [-0.39, 0.29) is 0 Å². The van der Waals surface area contributed by atoms with Crippen molar-refractivity contribution >= 4 is 0 Å². The van der Waals surface area contributed by atoms with Gasteiger partial charge in [-0.3, -0.25) is 0 Å². The topological polar surface area (TPSA) is 9.23 Å². The third kappa shape index (κ3) is 4.80. The normalized spacial score (nSPS) is 10.8. The number of ether oxygens (including phenoxy) is 1. The van der Waals surface area contributed by atoms with E-state index in [1.165, 1.54) is 19.3 Å². The third-order valence-corrected chi connectivity index (χ3v) is 2.03. The Labute approximate surface area is 64.8 Å². The lowest BCUT2D eigenvalue weighted by atomic mass is 10.0. The van der Waals surface area contributed by atoms with E-state index in [0.717, 1.165) is 19.1 Å². The molecule has 0 spiro atoms. The van der Waals surface area contributed by atoms with Crippen LogP contribution in [0.15, 0.2) is 0 Å². The van der Waals surface area contributed by atoms with Gasteiger partial charge >= 0.3 is 0 Å². The van der Waals surface area contributed by atoms with Crippen molar-refractivity contribution in [2.24, 2.45) is 5.92 Å². The van der Waals surface area contributed by atoms with Gasteiger partial charge in [0.25, 0.3) is 0 Å². The molecule has 10 heavy (non-hydrogen) atoms. The van der Waals surface area contributed by atoms with Crippen LogP contribution < -0.4 is 0 Å². The molecule has 0 bridgehead atoms. The summed E-state index contributed by atoms with van der Waals surface area (Å²) >= 11 is 0. The molecule has 0 aromatic carbocycles. The van der Waals surface area contributed by atoms with Gasteiger partial charge in [-0.05, 0) is 19.3 Å². The van der Waals surface area contributed by atoms with Crippen LogP contribution in [0.4, 0.5) is 0 Å². The summed E-state index contributed by atoms with van der Waals surface area (Å²) in [6.45, 7) is 8.36. The van der Waals surface area contributed by atoms with Crippen molar-refractivity contribution in [3.63, 3.8) is 0 Å². The van der Waals surface area contributed by atoms with Gasteiger partial charge in [-0.15, -0.1) is 0 Å². The Morgan fingerprint density at radius 2 is 1.70 bits per heavy atom. The SMILES string of the molecule is CCOCCC(CC)CC. The molecule has 0 aliphatic rings. The molecule has 0 aromatic heterocycles. The van der Waals surface area contributed by atoms with Gasteiger partial charge in [0.15, 0.2) is 0 Å². The highest BCUT2D eigenvalue weighted by atomic mass is 16.5. The molecular formula is C9H20O. The molecule has 1 heteroatoms. The molecule has 0 amide bonds. The van der Waals surface area contributed by atoms with Gasteiger partial charge in [-0.1, -0.05) is 26.7 Å². The van der Waals surface area contributed by atoms with E-state index in [1.54, 1.807) is 0 Å². The average molecular weight is 144 g/mol. The van der Waals surface area contributed by atoms with Crippen molar-refractivity contribution in [3.05, 3.63) is 0 Å². The zero-order valence-corrected chi connectivity index (χ0v) is 7.52. The lowest BCUT2D eigenvalue weighted by Crippen LogP contribution is -2.02. The first kappa shape index (κ1) is 9.96. The first-order valence-corrected chi connectivity index (χ1v) is 4.42. The molecule has 1 nitrogen and oxygen atoms in total. The van der Waals surface area contributed by atoms with Crippen molar-refractivity contribution in [1.82, 2.24) is 0 Å². The Morgan fingerprint density at radius 1 is 1.10 bits per heavy atom. The van der Waals surface area contributed by atoms with Crippen LogP contribution >= 0.6 is 0 Å². The predicted molar refractivity (Wildman–Crippen MR) is 45.2 cm³/mol. The Bertz CT molecular complexity index is 57.7. The van der Waals surface area contributed by atoms with Gasteiger partial charge in [-0.2, -0.15) is 0 Å². The monoisotopic (exact) mass is 144 g/mol. The van der Waals surface area contributed by atoms with Crippen LogP contribution in [0.2, 0.25) is 0 Å².